The molecule has 2 aromatic rings. The zero-order valence-electron chi connectivity index (χ0n) is 14.5. The van der Waals surface area contributed by atoms with Crippen molar-refractivity contribution in [3.05, 3.63) is 42.6 Å². The van der Waals surface area contributed by atoms with E-state index in [1.165, 1.54) is 19.1 Å². The molecule has 25 heavy (non-hydrogen) atoms. The van der Waals surface area contributed by atoms with Crippen molar-refractivity contribution in [1.29, 1.82) is 0 Å². The number of amides is 2. The summed E-state index contributed by atoms with van der Waals surface area (Å²) in [6.07, 6.45) is 1.70. The molecular weight excluding hydrogens is 324 g/mol. The van der Waals surface area contributed by atoms with Crippen molar-refractivity contribution in [3.8, 4) is 5.69 Å². The van der Waals surface area contributed by atoms with Gasteiger partial charge in [0.15, 0.2) is 12.1 Å². The molecule has 1 aromatic heterocycles. The van der Waals surface area contributed by atoms with Crippen LogP contribution < -0.4 is 5.32 Å². The quantitative estimate of drug-likeness (QED) is 0.674. The fraction of sp³-hybridized carbons (Fsp3) is 0.412. The smallest absolute Gasteiger partial charge is 0.323 e. The number of ether oxygens (including phenoxy) is 2. The molecule has 1 heterocycles. The third kappa shape index (κ3) is 5.56. The largest absolute Gasteiger partial charge is 0.396 e. The van der Waals surface area contributed by atoms with Gasteiger partial charge in [-0.15, -0.1) is 5.10 Å². The van der Waals surface area contributed by atoms with Crippen LogP contribution in [0.3, 0.4) is 0 Å². The number of rotatable bonds is 9. The molecule has 0 spiro atoms. The summed E-state index contributed by atoms with van der Waals surface area (Å²) in [5.74, 6) is 0.439. The van der Waals surface area contributed by atoms with E-state index < -0.39 is 6.29 Å². The normalized spacial score (nSPS) is 10.9. The van der Waals surface area contributed by atoms with Gasteiger partial charge in [0.05, 0.1) is 12.2 Å². The maximum Gasteiger partial charge on any atom is 0.323 e. The summed E-state index contributed by atoms with van der Waals surface area (Å²) in [5, 5.41) is 16.1. The number of aliphatic hydroxyl groups is 1. The van der Waals surface area contributed by atoms with Gasteiger partial charge in [0.1, 0.15) is 0 Å². The molecule has 0 atom stereocenters. The van der Waals surface area contributed by atoms with Gasteiger partial charge >= 0.3 is 6.03 Å². The fourth-order valence-electron chi connectivity index (χ4n) is 2.27. The predicted molar refractivity (Wildman–Crippen MR) is 93.7 cm³/mol. The summed E-state index contributed by atoms with van der Waals surface area (Å²) in [7, 11) is 3.02. The van der Waals surface area contributed by atoms with E-state index in [0.29, 0.717) is 18.8 Å². The molecule has 0 radical (unpaired) electrons. The standard InChI is InChI=1S/C17H24N4O4/c1-24-16(25-2)13-20(10-6-12-22)17(23)18-15-9-11-21(19-15)14-7-4-3-5-8-14/h3-5,7-9,11,16,22H,6,10,12-13H2,1-2H3,(H,18,19,23). The highest BCUT2D eigenvalue weighted by atomic mass is 16.7. The first-order valence-electron chi connectivity index (χ1n) is 8.01. The average molecular weight is 348 g/mol. The third-order valence-electron chi connectivity index (χ3n) is 3.61. The summed E-state index contributed by atoms with van der Waals surface area (Å²) < 4.78 is 12.0. The Bertz CT molecular complexity index is 643. The van der Waals surface area contributed by atoms with Gasteiger partial charge in [0.2, 0.25) is 0 Å². The van der Waals surface area contributed by atoms with Crippen LogP contribution in [0, 0.1) is 0 Å². The molecule has 0 saturated heterocycles. The van der Waals surface area contributed by atoms with Crippen molar-refractivity contribution in [2.24, 2.45) is 0 Å². The van der Waals surface area contributed by atoms with Crippen LogP contribution in [-0.4, -0.2) is 66.0 Å². The molecule has 2 rings (SSSR count). The summed E-state index contributed by atoms with van der Waals surface area (Å²) in [6, 6.07) is 11.0. The van der Waals surface area contributed by atoms with Crippen molar-refractivity contribution >= 4 is 11.8 Å². The van der Waals surface area contributed by atoms with Crippen molar-refractivity contribution < 1.29 is 19.4 Å². The van der Waals surface area contributed by atoms with Crippen LogP contribution in [0.15, 0.2) is 42.6 Å². The van der Waals surface area contributed by atoms with Crippen LogP contribution in [0.1, 0.15) is 6.42 Å². The van der Waals surface area contributed by atoms with Crippen LogP contribution in [0.2, 0.25) is 0 Å². The van der Waals surface area contributed by atoms with Gasteiger partial charge in [0, 0.05) is 39.6 Å². The Hall–Kier alpha value is -2.42. The summed E-state index contributed by atoms with van der Waals surface area (Å²) in [6.45, 7) is 0.625. The molecule has 0 aliphatic rings. The zero-order chi connectivity index (χ0) is 18.1. The first-order valence-corrected chi connectivity index (χ1v) is 8.01. The Morgan fingerprint density at radius 1 is 1.28 bits per heavy atom. The van der Waals surface area contributed by atoms with E-state index in [9.17, 15) is 4.79 Å². The van der Waals surface area contributed by atoms with Gasteiger partial charge in [-0.2, -0.15) is 0 Å². The van der Waals surface area contributed by atoms with Crippen LogP contribution >= 0.6 is 0 Å². The number of anilines is 1. The Morgan fingerprint density at radius 3 is 2.64 bits per heavy atom. The monoisotopic (exact) mass is 348 g/mol. The number of methoxy groups -OCH3 is 2. The van der Waals surface area contributed by atoms with Gasteiger partial charge in [-0.1, -0.05) is 18.2 Å². The molecule has 0 unspecified atom stereocenters. The summed E-state index contributed by atoms with van der Waals surface area (Å²) in [4.78, 5) is 14.0. The molecule has 0 saturated carbocycles. The number of urea groups is 1. The second kappa shape index (κ2) is 9.77. The van der Waals surface area contributed by atoms with Crippen LogP contribution in [0.4, 0.5) is 10.6 Å². The minimum absolute atomic E-state index is 0.00293. The molecule has 8 heteroatoms. The molecule has 0 aliphatic heterocycles. The Morgan fingerprint density at radius 2 is 2.00 bits per heavy atom. The number of carbonyl (C=O) groups excluding carboxylic acids is 1. The first kappa shape index (κ1) is 18.9. The molecular formula is C17H24N4O4. The lowest BCUT2D eigenvalue weighted by molar-refractivity contribution is -0.111. The molecule has 136 valence electrons. The van der Waals surface area contributed by atoms with E-state index >= 15 is 0 Å². The number of nitrogens with zero attached hydrogens (tertiary/aromatic N) is 3. The molecule has 0 bridgehead atoms. The number of aliphatic hydroxyl groups excluding tert-OH is 1. The van der Waals surface area contributed by atoms with Gasteiger partial charge < -0.3 is 19.5 Å². The average Bonchev–Trinajstić information content (AvgIpc) is 3.11. The maximum absolute atomic E-state index is 12.5. The minimum Gasteiger partial charge on any atom is -0.396 e. The SMILES string of the molecule is COC(CN(CCCO)C(=O)Nc1ccn(-c2ccccc2)n1)OC. The third-order valence-corrected chi connectivity index (χ3v) is 3.61. The Balaban J connectivity index is 2.03. The molecule has 0 fully saturated rings. The lowest BCUT2D eigenvalue weighted by Gasteiger charge is -2.25. The number of hydrogen-bond donors (Lipinski definition) is 2. The first-order chi connectivity index (χ1) is 12.2. The zero-order valence-corrected chi connectivity index (χ0v) is 14.5. The van der Waals surface area contributed by atoms with Crippen LogP contribution in [0.5, 0.6) is 0 Å². The number of para-hydroxylation sites is 1. The van der Waals surface area contributed by atoms with Crippen molar-refractivity contribution in [2.45, 2.75) is 12.7 Å². The van der Waals surface area contributed by atoms with Crippen molar-refractivity contribution in [3.63, 3.8) is 0 Å². The molecule has 8 nitrogen and oxygen atoms in total. The van der Waals surface area contributed by atoms with E-state index in [4.69, 9.17) is 14.6 Å². The van der Waals surface area contributed by atoms with Crippen LogP contribution in [0.25, 0.3) is 5.69 Å². The highest BCUT2D eigenvalue weighted by Gasteiger charge is 2.19. The van der Waals surface area contributed by atoms with E-state index in [2.05, 4.69) is 10.4 Å². The van der Waals surface area contributed by atoms with E-state index in [1.807, 2.05) is 30.3 Å². The van der Waals surface area contributed by atoms with Gasteiger partial charge in [-0.3, -0.25) is 5.32 Å². The lowest BCUT2D eigenvalue weighted by Crippen LogP contribution is -2.42. The van der Waals surface area contributed by atoms with Gasteiger partial charge in [-0.05, 0) is 18.6 Å². The number of carbonyl (C=O) groups is 1. The molecule has 2 amide bonds. The number of nitrogens with one attached hydrogen (secondary N) is 1. The van der Waals surface area contributed by atoms with Gasteiger partial charge in [0.25, 0.3) is 0 Å². The van der Waals surface area contributed by atoms with Crippen LogP contribution in [-0.2, 0) is 9.47 Å². The lowest BCUT2D eigenvalue weighted by atomic mass is 10.3. The number of benzene rings is 1. The fourth-order valence-corrected chi connectivity index (χ4v) is 2.27. The predicted octanol–water partition coefficient (Wildman–Crippen LogP) is 1.71. The molecule has 0 aliphatic carbocycles. The topological polar surface area (TPSA) is 88.9 Å². The second-order valence-electron chi connectivity index (χ2n) is 5.34. The van der Waals surface area contributed by atoms with Crippen molar-refractivity contribution in [2.75, 3.05) is 39.2 Å². The highest BCUT2D eigenvalue weighted by Crippen LogP contribution is 2.11. The van der Waals surface area contributed by atoms with Crippen molar-refractivity contribution in [1.82, 2.24) is 14.7 Å². The maximum atomic E-state index is 12.5. The Kier molecular flexibility index (Phi) is 7.39. The van der Waals surface area contributed by atoms with E-state index in [1.54, 1.807) is 16.9 Å². The number of hydrogen-bond acceptors (Lipinski definition) is 5. The Labute approximate surface area is 147 Å². The second-order valence-corrected chi connectivity index (χ2v) is 5.34. The van der Waals surface area contributed by atoms with Gasteiger partial charge in [-0.25, -0.2) is 9.48 Å². The minimum atomic E-state index is -0.536. The van der Waals surface area contributed by atoms with E-state index in [0.717, 1.165) is 5.69 Å². The summed E-state index contributed by atoms with van der Waals surface area (Å²) >= 11 is 0. The van der Waals surface area contributed by atoms with E-state index in [-0.39, 0.29) is 19.2 Å². The molecule has 2 N–H and O–H groups in total. The highest BCUT2D eigenvalue weighted by molar-refractivity contribution is 5.88. The molecule has 1 aromatic carbocycles. The summed E-state index contributed by atoms with van der Waals surface area (Å²) in [5.41, 5.74) is 0.902. The number of aromatic nitrogens is 2.